The first kappa shape index (κ1) is 22.1. The Labute approximate surface area is 173 Å². The number of rotatable bonds is 7. The monoisotopic (exact) mass is 404 g/mol. The Morgan fingerprint density at radius 1 is 1.18 bits per heavy atom. The van der Waals surface area contributed by atoms with E-state index in [1.54, 1.807) is 6.07 Å². The molecule has 1 atom stereocenters. The van der Waals surface area contributed by atoms with E-state index >= 15 is 0 Å². The van der Waals surface area contributed by atoms with Crippen molar-refractivity contribution in [1.82, 2.24) is 20.9 Å². The number of carbonyl (C=O) groups is 2. The van der Waals surface area contributed by atoms with Gasteiger partial charge >= 0.3 is 0 Å². The highest BCUT2D eigenvalue weighted by atomic mass is 32.1. The number of benzene rings is 1. The summed E-state index contributed by atoms with van der Waals surface area (Å²) in [5, 5.41) is 9.89. The first-order valence-corrected chi connectivity index (χ1v) is 10.6. The van der Waals surface area contributed by atoms with Crippen LogP contribution in [0.2, 0.25) is 0 Å². The Balaban J connectivity index is 2.08. The highest BCUT2D eigenvalue weighted by Crippen LogP contribution is 2.22. The average molecular weight is 405 g/mol. The van der Waals surface area contributed by atoms with Crippen molar-refractivity contribution < 1.29 is 9.59 Å². The molecule has 1 saturated heterocycles. The van der Waals surface area contributed by atoms with Crippen molar-refractivity contribution in [3.05, 3.63) is 35.4 Å². The van der Waals surface area contributed by atoms with Crippen molar-refractivity contribution in [2.75, 3.05) is 26.2 Å². The van der Waals surface area contributed by atoms with Gasteiger partial charge in [0, 0.05) is 31.7 Å². The lowest BCUT2D eigenvalue weighted by Crippen LogP contribution is -2.54. The van der Waals surface area contributed by atoms with E-state index in [2.05, 4.69) is 20.9 Å². The van der Waals surface area contributed by atoms with E-state index in [9.17, 15) is 9.59 Å². The predicted molar refractivity (Wildman–Crippen MR) is 116 cm³/mol. The number of amides is 2. The van der Waals surface area contributed by atoms with Gasteiger partial charge in [-0.2, -0.15) is 0 Å². The quantitative estimate of drug-likeness (QED) is 0.608. The zero-order valence-corrected chi connectivity index (χ0v) is 17.9. The van der Waals surface area contributed by atoms with E-state index in [1.165, 1.54) is 0 Å². The molecule has 6 nitrogen and oxygen atoms in total. The Morgan fingerprint density at radius 2 is 1.86 bits per heavy atom. The van der Waals surface area contributed by atoms with Crippen LogP contribution in [0.15, 0.2) is 24.3 Å². The van der Waals surface area contributed by atoms with E-state index in [-0.39, 0.29) is 17.7 Å². The lowest BCUT2D eigenvalue weighted by molar-refractivity contribution is -0.124. The normalized spacial score (nSPS) is 15.6. The van der Waals surface area contributed by atoms with Crippen LogP contribution >= 0.6 is 12.2 Å². The van der Waals surface area contributed by atoms with Crippen molar-refractivity contribution in [1.29, 1.82) is 0 Å². The third-order valence-corrected chi connectivity index (χ3v) is 5.54. The fourth-order valence-corrected chi connectivity index (χ4v) is 3.83. The molecule has 3 N–H and O–H groups in total. The fourth-order valence-electron chi connectivity index (χ4n) is 3.50. The maximum Gasteiger partial charge on any atom is 0.252 e. The second kappa shape index (κ2) is 11.0. The van der Waals surface area contributed by atoms with Gasteiger partial charge in [-0.1, -0.05) is 25.1 Å². The van der Waals surface area contributed by atoms with Gasteiger partial charge in [0.15, 0.2) is 5.11 Å². The third-order valence-electron chi connectivity index (χ3n) is 5.13. The van der Waals surface area contributed by atoms with Gasteiger partial charge in [-0.3, -0.25) is 9.59 Å². The molecule has 1 unspecified atom stereocenters. The van der Waals surface area contributed by atoms with Crippen molar-refractivity contribution >= 4 is 29.1 Å². The van der Waals surface area contributed by atoms with Crippen LogP contribution in [0, 0.1) is 12.8 Å². The van der Waals surface area contributed by atoms with Crippen LogP contribution in [0.1, 0.15) is 49.0 Å². The SMILES string of the molecule is CCCNC(=O)C(NC(=O)c1ccccc1C)C1CCN(C(=S)NCC)CC1. The molecule has 1 aliphatic heterocycles. The molecule has 0 aliphatic carbocycles. The molecule has 0 saturated carbocycles. The van der Waals surface area contributed by atoms with Crippen molar-refractivity contribution in [3.8, 4) is 0 Å². The molecule has 1 aromatic carbocycles. The predicted octanol–water partition coefficient (Wildman–Crippen LogP) is 2.23. The van der Waals surface area contributed by atoms with Crippen LogP contribution in [-0.4, -0.2) is 54.0 Å². The first-order valence-electron chi connectivity index (χ1n) is 10.1. The molecule has 0 aromatic heterocycles. The number of hydrogen-bond donors (Lipinski definition) is 3. The van der Waals surface area contributed by atoms with Gasteiger partial charge in [0.25, 0.3) is 5.91 Å². The minimum atomic E-state index is -0.534. The smallest absolute Gasteiger partial charge is 0.252 e. The molecular formula is C21H32N4O2S. The highest BCUT2D eigenvalue weighted by Gasteiger charge is 2.33. The minimum Gasteiger partial charge on any atom is -0.363 e. The van der Waals surface area contributed by atoms with Crippen molar-refractivity contribution in [2.45, 2.75) is 46.1 Å². The van der Waals surface area contributed by atoms with E-state index in [0.717, 1.165) is 49.6 Å². The summed E-state index contributed by atoms with van der Waals surface area (Å²) in [6, 6.07) is 6.91. The van der Waals surface area contributed by atoms with E-state index in [1.807, 2.05) is 39.0 Å². The molecule has 154 valence electrons. The summed E-state index contributed by atoms with van der Waals surface area (Å²) in [7, 11) is 0. The van der Waals surface area contributed by atoms with Crippen LogP contribution in [0.25, 0.3) is 0 Å². The highest BCUT2D eigenvalue weighted by molar-refractivity contribution is 7.80. The number of piperidine rings is 1. The Bertz CT molecular complexity index is 687. The number of nitrogens with zero attached hydrogens (tertiary/aromatic N) is 1. The van der Waals surface area contributed by atoms with E-state index in [4.69, 9.17) is 12.2 Å². The van der Waals surface area contributed by atoms with Gasteiger partial charge in [-0.05, 0) is 62.9 Å². The van der Waals surface area contributed by atoms with Crippen LogP contribution in [-0.2, 0) is 4.79 Å². The summed E-state index contributed by atoms with van der Waals surface area (Å²) in [6.45, 7) is 8.92. The third kappa shape index (κ3) is 5.92. The second-order valence-corrected chi connectivity index (χ2v) is 7.60. The largest absolute Gasteiger partial charge is 0.363 e. The van der Waals surface area contributed by atoms with Gasteiger partial charge in [-0.25, -0.2) is 0 Å². The summed E-state index contributed by atoms with van der Waals surface area (Å²) in [6.07, 6.45) is 2.48. The number of hydrogen-bond acceptors (Lipinski definition) is 3. The summed E-state index contributed by atoms with van der Waals surface area (Å²) in [5.41, 5.74) is 1.51. The summed E-state index contributed by atoms with van der Waals surface area (Å²) in [4.78, 5) is 27.8. The molecule has 1 aliphatic rings. The number of likely N-dealkylation sites (tertiary alicyclic amines) is 1. The lowest BCUT2D eigenvalue weighted by atomic mass is 9.88. The molecule has 1 aromatic rings. The summed E-state index contributed by atoms with van der Waals surface area (Å²) < 4.78 is 0. The molecular weight excluding hydrogens is 372 g/mol. The van der Waals surface area contributed by atoms with Gasteiger partial charge in [0.05, 0.1) is 0 Å². The maximum absolute atomic E-state index is 12.8. The molecule has 0 bridgehead atoms. The summed E-state index contributed by atoms with van der Waals surface area (Å²) in [5.74, 6) is -0.206. The van der Waals surface area contributed by atoms with Crippen molar-refractivity contribution in [2.24, 2.45) is 5.92 Å². The van der Waals surface area contributed by atoms with Crippen LogP contribution in [0.4, 0.5) is 0 Å². The molecule has 2 amide bonds. The van der Waals surface area contributed by atoms with E-state index < -0.39 is 6.04 Å². The molecule has 1 fully saturated rings. The van der Waals surface area contributed by atoms with Gasteiger partial charge in [0.1, 0.15) is 6.04 Å². The molecule has 0 radical (unpaired) electrons. The summed E-state index contributed by atoms with van der Waals surface area (Å²) >= 11 is 5.40. The number of thiocarbonyl (C=S) groups is 1. The lowest BCUT2D eigenvalue weighted by Gasteiger charge is -2.37. The zero-order chi connectivity index (χ0) is 20.5. The number of carbonyl (C=O) groups excluding carboxylic acids is 2. The molecule has 1 heterocycles. The van der Waals surface area contributed by atoms with Crippen LogP contribution in [0.3, 0.4) is 0 Å². The Kier molecular flexibility index (Phi) is 8.70. The van der Waals surface area contributed by atoms with Crippen LogP contribution < -0.4 is 16.0 Å². The molecule has 28 heavy (non-hydrogen) atoms. The standard InChI is InChI=1S/C21H32N4O2S/c1-4-12-23-20(27)18(24-19(26)17-9-7-6-8-15(17)3)16-10-13-25(14-11-16)21(28)22-5-2/h6-9,16,18H,4-5,10-14H2,1-3H3,(H,22,28)(H,23,27)(H,24,26). The molecule has 7 heteroatoms. The van der Waals surface area contributed by atoms with Crippen LogP contribution in [0.5, 0.6) is 0 Å². The zero-order valence-electron chi connectivity index (χ0n) is 17.1. The second-order valence-electron chi connectivity index (χ2n) is 7.22. The average Bonchev–Trinajstić information content (AvgIpc) is 2.70. The minimum absolute atomic E-state index is 0.0884. The molecule has 0 spiro atoms. The van der Waals surface area contributed by atoms with Gasteiger partial charge < -0.3 is 20.9 Å². The topological polar surface area (TPSA) is 73.5 Å². The number of aryl methyl sites for hydroxylation is 1. The number of nitrogens with one attached hydrogen (secondary N) is 3. The van der Waals surface area contributed by atoms with E-state index in [0.29, 0.717) is 12.1 Å². The first-order chi connectivity index (χ1) is 13.5. The van der Waals surface area contributed by atoms with Crippen molar-refractivity contribution in [3.63, 3.8) is 0 Å². The maximum atomic E-state index is 12.8. The Morgan fingerprint density at radius 3 is 2.46 bits per heavy atom. The molecule has 2 rings (SSSR count). The fraction of sp³-hybridized carbons (Fsp3) is 0.571. The van der Waals surface area contributed by atoms with Gasteiger partial charge in [0.2, 0.25) is 5.91 Å². The van der Waals surface area contributed by atoms with Gasteiger partial charge in [-0.15, -0.1) is 0 Å². The Hall–Kier alpha value is -2.15.